The normalized spacial score (nSPS) is 19.7. The molecule has 3 amide bonds. The first-order valence-corrected chi connectivity index (χ1v) is 13.9. The van der Waals surface area contributed by atoms with Crippen LogP contribution in [-0.2, 0) is 29.0 Å². The molecule has 0 saturated carbocycles. The number of benzene rings is 2. The van der Waals surface area contributed by atoms with E-state index in [2.05, 4.69) is 31.3 Å². The number of rotatable bonds is 10. The van der Waals surface area contributed by atoms with Crippen LogP contribution in [-0.4, -0.2) is 78.7 Å². The number of fused-ring (bicyclic) bond motifs is 1. The molecular weight excluding hydrogens is 476 g/mol. The van der Waals surface area contributed by atoms with Gasteiger partial charge in [0.1, 0.15) is 12.1 Å². The summed E-state index contributed by atoms with van der Waals surface area (Å²) in [4.78, 5) is 46.8. The van der Waals surface area contributed by atoms with Crippen molar-refractivity contribution < 1.29 is 14.4 Å². The maximum atomic E-state index is 14.2. The van der Waals surface area contributed by atoms with Gasteiger partial charge in [0.25, 0.3) is 5.91 Å². The molecular formula is C31H42N4O3. The van der Waals surface area contributed by atoms with Crippen molar-refractivity contribution in [1.29, 1.82) is 0 Å². The molecule has 0 radical (unpaired) electrons. The van der Waals surface area contributed by atoms with Crippen molar-refractivity contribution in [2.75, 3.05) is 34.2 Å². The number of hydrogen-bond acceptors (Lipinski definition) is 4. The number of carbonyl (C=O) groups is 3. The fraction of sp³-hybridized carbons (Fsp3) is 0.516. The van der Waals surface area contributed by atoms with E-state index in [1.807, 2.05) is 62.4 Å². The van der Waals surface area contributed by atoms with Crippen molar-refractivity contribution >= 4 is 17.7 Å². The molecule has 2 aromatic carbocycles. The third-order valence-corrected chi connectivity index (χ3v) is 8.32. The predicted molar refractivity (Wildman–Crippen MR) is 150 cm³/mol. The molecule has 2 aromatic rings. The molecule has 38 heavy (non-hydrogen) atoms. The van der Waals surface area contributed by atoms with Crippen molar-refractivity contribution in [3.8, 4) is 0 Å². The van der Waals surface area contributed by atoms with Crippen molar-refractivity contribution in [2.24, 2.45) is 11.8 Å². The quantitative estimate of drug-likeness (QED) is 0.524. The Morgan fingerprint density at radius 3 is 2.16 bits per heavy atom. The fourth-order valence-corrected chi connectivity index (χ4v) is 5.99. The van der Waals surface area contributed by atoms with Gasteiger partial charge in [-0.25, -0.2) is 0 Å². The van der Waals surface area contributed by atoms with Gasteiger partial charge >= 0.3 is 0 Å². The minimum Gasteiger partial charge on any atom is -0.342 e. The summed E-state index contributed by atoms with van der Waals surface area (Å²) in [6.45, 7) is 5.75. The summed E-state index contributed by atoms with van der Waals surface area (Å²) in [5, 5.41) is 3.13. The maximum absolute atomic E-state index is 14.2. The first-order valence-electron chi connectivity index (χ1n) is 13.9. The van der Waals surface area contributed by atoms with Gasteiger partial charge in [-0.15, -0.1) is 0 Å². The van der Waals surface area contributed by atoms with E-state index in [1.54, 1.807) is 9.80 Å². The van der Waals surface area contributed by atoms with Gasteiger partial charge in [-0.1, -0.05) is 69.2 Å². The highest BCUT2D eigenvalue weighted by atomic mass is 16.2. The van der Waals surface area contributed by atoms with E-state index in [4.69, 9.17) is 0 Å². The van der Waals surface area contributed by atoms with E-state index in [0.29, 0.717) is 12.1 Å². The van der Waals surface area contributed by atoms with Crippen molar-refractivity contribution in [1.82, 2.24) is 20.0 Å². The number of nitrogens with zero attached hydrogens (tertiary/aromatic N) is 3. The molecule has 0 spiro atoms. The third kappa shape index (κ3) is 5.78. The van der Waals surface area contributed by atoms with Crippen LogP contribution in [0.15, 0.2) is 48.5 Å². The second-order valence-electron chi connectivity index (χ2n) is 11.1. The molecule has 7 heteroatoms. The van der Waals surface area contributed by atoms with E-state index in [-0.39, 0.29) is 36.1 Å². The second-order valence-corrected chi connectivity index (χ2v) is 11.1. The average molecular weight is 519 g/mol. The first-order chi connectivity index (χ1) is 18.2. The summed E-state index contributed by atoms with van der Waals surface area (Å²) in [5.41, 5.74) is 3.87. The van der Waals surface area contributed by atoms with E-state index in [0.717, 1.165) is 37.8 Å². The molecule has 0 unspecified atom stereocenters. The molecule has 1 saturated heterocycles. The molecule has 1 fully saturated rings. The highest BCUT2D eigenvalue weighted by molar-refractivity contribution is 5.98. The Labute approximate surface area is 227 Å². The minimum absolute atomic E-state index is 0.0306. The van der Waals surface area contributed by atoms with Crippen LogP contribution in [0.3, 0.4) is 0 Å². The second kappa shape index (κ2) is 12.1. The van der Waals surface area contributed by atoms with Crippen LogP contribution in [0.1, 0.15) is 53.7 Å². The van der Waals surface area contributed by atoms with Crippen molar-refractivity contribution in [2.45, 2.75) is 58.2 Å². The number of amides is 3. The van der Waals surface area contributed by atoms with Crippen LogP contribution in [0, 0.1) is 11.8 Å². The molecule has 204 valence electrons. The lowest BCUT2D eigenvalue weighted by atomic mass is 9.85. The Balaban J connectivity index is 1.63. The summed E-state index contributed by atoms with van der Waals surface area (Å²) in [6, 6.07) is 14.7. The van der Waals surface area contributed by atoms with Gasteiger partial charge in [0.15, 0.2) is 0 Å². The van der Waals surface area contributed by atoms with Gasteiger partial charge in [0, 0.05) is 32.2 Å². The molecule has 2 aliphatic rings. The van der Waals surface area contributed by atoms with Crippen LogP contribution in [0.4, 0.5) is 0 Å². The lowest BCUT2D eigenvalue weighted by Crippen LogP contribution is -2.66. The third-order valence-electron chi connectivity index (χ3n) is 8.32. The molecule has 0 aromatic heterocycles. The maximum Gasteiger partial charge on any atom is 0.253 e. The van der Waals surface area contributed by atoms with E-state index in [9.17, 15) is 14.4 Å². The highest BCUT2D eigenvalue weighted by Gasteiger charge is 2.47. The lowest BCUT2D eigenvalue weighted by Gasteiger charge is -2.44. The summed E-state index contributed by atoms with van der Waals surface area (Å²) in [5.74, 6) is -0.110. The number of hydrogen-bond donors (Lipinski definition) is 1. The summed E-state index contributed by atoms with van der Waals surface area (Å²) in [7, 11) is 5.77. The van der Waals surface area contributed by atoms with Gasteiger partial charge in [0.2, 0.25) is 11.8 Å². The van der Waals surface area contributed by atoms with E-state index in [1.165, 1.54) is 11.1 Å². The zero-order valence-electron chi connectivity index (χ0n) is 23.4. The van der Waals surface area contributed by atoms with E-state index < -0.39 is 12.1 Å². The number of carbonyl (C=O) groups excluding carboxylic acids is 3. The van der Waals surface area contributed by atoms with Gasteiger partial charge in [-0.2, -0.15) is 0 Å². The van der Waals surface area contributed by atoms with Crippen LogP contribution >= 0.6 is 0 Å². The SMILES string of the molecule is CCC(CC)[C@@H]1C(=O)N[C@H](C2Cc3ccccc3C2)C(=O)N1Cc1ccccc1C(=O)N(C)CCN(C)C. The molecule has 4 rings (SSSR count). The minimum atomic E-state index is -0.564. The van der Waals surface area contributed by atoms with Crippen LogP contribution in [0.2, 0.25) is 0 Å². The lowest BCUT2D eigenvalue weighted by molar-refractivity contribution is -0.154. The van der Waals surface area contributed by atoms with Crippen LogP contribution in [0.25, 0.3) is 0 Å². The van der Waals surface area contributed by atoms with Crippen LogP contribution < -0.4 is 5.32 Å². The molecule has 2 atom stereocenters. The number of likely N-dealkylation sites (N-methyl/N-ethyl adjacent to an activating group) is 2. The fourth-order valence-electron chi connectivity index (χ4n) is 5.99. The Morgan fingerprint density at radius 2 is 1.55 bits per heavy atom. The molecule has 1 aliphatic heterocycles. The summed E-state index contributed by atoms with van der Waals surface area (Å²) >= 11 is 0. The molecule has 1 N–H and O–H groups in total. The monoisotopic (exact) mass is 518 g/mol. The molecule has 1 heterocycles. The zero-order chi connectivity index (χ0) is 27.4. The first kappa shape index (κ1) is 27.8. The average Bonchev–Trinajstić information content (AvgIpc) is 3.35. The van der Waals surface area contributed by atoms with Crippen molar-refractivity contribution in [3.05, 3.63) is 70.8 Å². The smallest absolute Gasteiger partial charge is 0.253 e. The number of piperazine rings is 1. The van der Waals surface area contributed by atoms with Gasteiger partial charge in [0.05, 0.1) is 0 Å². The zero-order valence-corrected chi connectivity index (χ0v) is 23.4. The topological polar surface area (TPSA) is 73.0 Å². The van der Waals surface area contributed by atoms with Crippen molar-refractivity contribution in [3.63, 3.8) is 0 Å². The Morgan fingerprint density at radius 1 is 0.947 bits per heavy atom. The van der Waals surface area contributed by atoms with Gasteiger partial charge in [-0.3, -0.25) is 14.4 Å². The van der Waals surface area contributed by atoms with Crippen LogP contribution in [0.5, 0.6) is 0 Å². The standard InChI is InChI=1S/C31H42N4O3/c1-6-21(7-2)28-29(36)32-27(25-18-22-12-8-9-13-23(22)19-25)31(38)35(28)20-24-14-10-11-15-26(24)30(37)34(5)17-16-33(3)4/h8-15,21,25,27-28H,6-7,16-20H2,1-5H3,(H,32,36)/t27-,28-/m1/s1. The summed E-state index contributed by atoms with van der Waals surface area (Å²) < 4.78 is 0. The Hall–Kier alpha value is -3.19. The van der Waals surface area contributed by atoms with E-state index >= 15 is 0 Å². The summed E-state index contributed by atoms with van der Waals surface area (Å²) in [6.07, 6.45) is 3.15. The Bertz CT molecular complexity index is 1130. The predicted octanol–water partition coefficient (Wildman–Crippen LogP) is 3.37. The largest absolute Gasteiger partial charge is 0.342 e. The molecule has 1 aliphatic carbocycles. The number of nitrogens with one attached hydrogen (secondary N) is 1. The van der Waals surface area contributed by atoms with Gasteiger partial charge < -0.3 is 20.0 Å². The molecule has 0 bridgehead atoms. The van der Waals surface area contributed by atoms with Gasteiger partial charge in [-0.05, 0) is 61.5 Å². The highest BCUT2D eigenvalue weighted by Crippen LogP contribution is 2.33. The Kier molecular flexibility index (Phi) is 8.87. The molecule has 7 nitrogen and oxygen atoms in total.